The fourth-order valence-electron chi connectivity index (χ4n) is 3.66. The van der Waals surface area contributed by atoms with E-state index in [1.54, 1.807) is 4.57 Å². The van der Waals surface area contributed by atoms with E-state index in [1.165, 1.54) is 11.8 Å². The maximum Gasteiger partial charge on any atom is 0.266 e. The van der Waals surface area contributed by atoms with Gasteiger partial charge < -0.3 is 9.47 Å². The normalized spacial score (nSPS) is 12.5. The van der Waals surface area contributed by atoms with E-state index < -0.39 is 0 Å². The number of nitrogens with zero attached hydrogens (tertiary/aromatic N) is 2. The van der Waals surface area contributed by atoms with Crippen LogP contribution >= 0.6 is 11.8 Å². The highest BCUT2D eigenvalue weighted by Gasteiger charge is 2.17. The van der Waals surface area contributed by atoms with Crippen molar-refractivity contribution >= 4 is 22.7 Å². The molecule has 30 heavy (non-hydrogen) atoms. The maximum absolute atomic E-state index is 13.4. The molecular weight excluding hydrogens is 396 g/mol. The Balaban J connectivity index is 1.60. The van der Waals surface area contributed by atoms with E-state index in [-0.39, 0.29) is 12.4 Å². The Morgan fingerprint density at radius 1 is 1.00 bits per heavy atom. The van der Waals surface area contributed by atoms with Crippen LogP contribution in [0.15, 0.2) is 70.6 Å². The van der Waals surface area contributed by atoms with Crippen molar-refractivity contribution in [1.82, 2.24) is 9.55 Å². The van der Waals surface area contributed by atoms with Gasteiger partial charge in [0.1, 0.15) is 0 Å². The summed E-state index contributed by atoms with van der Waals surface area (Å²) in [4.78, 5) is 18.3. The largest absolute Gasteiger partial charge is 0.454 e. The predicted molar refractivity (Wildman–Crippen MR) is 119 cm³/mol. The Hall–Kier alpha value is -3.25. The van der Waals surface area contributed by atoms with Crippen LogP contribution in [0.4, 0.5) is 0 Å². The number of thioether (sulfide) groups is 1. The van der Waals surface area contributed by atoms with Crippen LogP contribution < -0.4 is 15.0 Å². The molecule has 0 spiro atoms. The van der Waals surface area contributed by atoms with Gasteiger partial charge in [-0.2, -0.15) is 0 Å². The highest BCUT2D eigenvalue weighted by Crippen LogP contribution is 2.34. The summed E-state index contributed by atoms with van der Waals surface area (Å²) in [6, 6.07) is 19.5. The first-order chi connectivity index (χ1) is 14.6. The summed E-state index contributed by atoms with van der Waals surface area (Å²) in [7, 11) is 0. The number of fused-ring (bicyclic) bond motifs is 2. The molecule has 3 aromatic carbocycles. The summed E-state index contributed by atoms with van der Waals surface area (Å²) < 4.78 is 12.6. The van der Waals surface area contributed by atoms with Crippen LogP contribution in [-0.4, -0.2) is 16.3 Å². The Bertz CT molecular complexity index is 1330. The smallest absolute Gasteiger partial charge is 0.266 e. The lowest BCUT2D eigenvalue weighted by atomic mass is 10.1. The lowest BCUT2D eigenvalue weighted by Gasteiger charge is -2.15. The second-order valence-electron chi connectivity index (χ2n) is 7.32. The summed E-state index contributed by atoms with van der Waals surface area (Å²) in [5.41, 5.74) is 4.79. The van der Waals surface area contributed by atoms with Gasteiger partial charge >= 0.3 is 0 Å². The molecule has 0 N–H and O–H groups in total. The standard InChI is InChI=1S/C24H20N2O3S/c1-15-7-9-20(16(2)11-15)26-23(27)18-5-3-4-6-19(18)25-24(26)30-13-17-8-10-21-22(12-17)29-14-28-21/h3-12H,13-14H2,1-2H3. The van der Waals surface area contributed by atoms with Gasteiger partial charge in [-0.3, -0.25) is 9.36 Å². The zero-order chi connectivity index (χ0) is 20.7. The van der Waals surface area contributed by atoms with E-state index in [1.807, 2.05) is 68.4 Å². The zero-order valence-electron chi connectivity index (χ0n) is 16.7. The highest BCUT2D eigenvalue weighted by atomic mass is 32.2. The molecule has 1 aromatic heterocycles. The average molecular weight is 417 g/mol. The molecule has 0 saturated carbocycles. The summed E-state index contributed by atoms with van der Waals surface area (Å²) in [6.07, 6.45) is 0. The predicted octanol–water partition coefficient (Wildman–Crippen LogP) is 5.02. The van der Waals surface area contributed by atoms with Crippen molar-refractivity contribution < 1.29 is 9.47 Å². The molecule has 0 saturated heterocycles. The monoisotopic (exact) mass is 416 g/mol. The van der Waals surface area contributed by atoms with Gasteiger partial charge in [0.15, 0.2) is 16.7 Å². The third-order valence-corrected chi connectivity index (χ3v) is 6.15. The van der Waals surface area contributed by atoms with Crippen LogP contribution in [-0.2, 0) is 5.75 Å². The summed E-state index contributed by atoms with van der Waals surface area (Å²) >= 11 is 1.54. The molecule has 0 amide bonds. The van der Waals surface area contributed by atoms with Gasteiger partial charge in [-0.05, 0) is 55.3 Å². The van der Waals surface area contributed by atoms with Crippen molar-refractivity contribution in [1.29, 1.82) is 0 Å². The number of ether oxygens (including phenoxy) is 2. The molecule has 0 atom stereocenters. The second kappa shape index (κ2) is 7.54. The molecule has 2 heterocycles. The van der Waals surface area contributed by atoms with Crippen LogP contribution in [0.5, 0.6) is 11.5 Å². The number of aromatic nitrogens is 2. The first kappa shape index (κ1) is 18.8. The van der Waals surface area contributed by atoms with Crippen molar-refractivity contribution in [2.45, 2.75) is 24.8 Å². The van der Waals surface area contributed by atoms with E-state index >= 15 is 0 Å². The Morgan fingerprint density at radius 2 is 1.83 bits per heavy atom. The molecule has 4 aromatic rings. The Morgan fingerprint density at radius 3 is 2.70 bits per heavy atom. The lowest BCUT2D eigenvalue weighted by Crippen LogP contribution is -2.22. The van der Waals surface area contributed by atoms with Gasteiger partial charge in [-0.1, -0.05) is 47.7 Å². The van der Waals surface area contributed by atoms with Gasteiger partial charge in [-0.25, -0.2) is 4.98 Å². The quantitative estimate of drug-likeness (QED) is 0.345. The molecule has 0 bridgehead atoms. The first-order valence-corrected chi connectivity index (χ1v) is 10.7. The molecule has 5 nitrogen and oxygen atoms in total. The molecule has 5 rings (SSSR count). The fourth-order valence-corrected chi connectivity index (χ4v) is 4.61. The number of hydrogen-bond acceptors (Lipinski definition) is 5. The minimum absolute atomic E-state index is 0.0549. The van der Waals surface area contributed by atoms with E-state index in [0.717, 1.165) is 33.9 Å². The Kier molecular flexibility index (Phi) is 4.71. The molecule has 0 radical (unpaired) electrons. The van der Waals surface area contributed by atoms with E-state index in [2.05, 4.69) is 6.07 Å². The minimum Gasteiger partial charge on any atom is -0.454 e. The topological polar surface area (TPSA) is 53.4 Å². The average Bonchev–Trinajstić information content (AvgIpc) is 3.21. The van der Waals surface area contributed by atoms with Crippen molar-refractivity contribution in [3.8, 4) is 17.2 Å². The van der Waals surface area contributed by atoms with Crippen LogP contribution in [0.25, 0.3) is 16.6 Å². The molecular formula is C24H20N2O3S. The molecule has 6 heteroatoms. The van der Waals surface area contributed by atoms with Crippen molar-refractivity contribution in [2.24, 2.45) is 0 Å². The third kappa shape index (κ3) is 3.33. The highest BCUT2D eigenvalue weighted by molar-refractivity contribution is 7.98. The van der Waals surface area contributed by atoms with Crippen LogP contribution in [0.1, 0.15) is 16.7 Å². The molecule has 1 aliphatic rings. The van der Waals surface area contributed by atoms with Gasteiger partial charge in [0.25, 0.3) is 5.56 Å². The van der Waals surface area contributed by atoms with Gasteiger partial charge in [0.2, 0.25) is 6.79 Å². The molecule has 0 unspecified atom stereocenters. The maximum atomic E-state index is 13.4. The SMILES string of the molecule is Cc1ccc(-n2c(SCc3ccc4c(c3)OCO4)nc3ccccc3c2=O)c(C)c1. The number of aryl methyl sites for hydroxylation is 2. The van der Waals surface area contributed by atoms with E-state index in [4.69, 9.17) is 14.5 Å². The first-order valence-electron chi connectivity index (χ1n) is 9.71. The number of benzene rings is 3. The fraction of sp³-hybridized carbons (Fsp3) is 0.167. The zero-order valence-corrected chi connectivity index (χ0v) is 17.5. The minimum atomic E-state index is -0.0549. The molecule has 150 valence electrons. The number of para-hydroxylation sites is 1. The third-order valence-electron chi connectivity index (χ3n) is 5.14. The number of rotatable bonds is 4. The van der Waals surface area contributed by atoms with Crippen LogP contribution in [0, 0.1) is 13.8 Å². The molecule has 0 fully saturated rings. The van der Waals surface area contributed by atoms with Crippen molar-refractivity contribution in [3.63, 3.8) is 0 Å². The van der Waals surface area contributed by atoms with Gasteiger partial charge in [-0.15, -0.1) is 0 Å². The summed E-state index contributed by atoms with van der Waals surface area (Å²) in [6.45, 7) is 4.33. The van der Waals surface area contributed by atoms with Crippen molar-refractivity contribution in [2.75, 3.05) is 6.79 Å². The van der Waals surface area contributed by atoms with Gasteiger partial charge in [0, 0.05) is 5.75 Å². The summed E-state index contributed by atoms with van der Waals surface area (Å²) in [5.74, 6) is 2.18. The Labute approximate surface area is 178 Å². The van der Waals surface area contributed by atoms with E-state index in [0.29, 0.717) is 21.8 Å². The van der Waals surface area contributed by atoms with Crippen molar-refractivity contribution in [3.05, 3.63) is 87.7 Å². The number of hydrogen-bond donors (Lipinski definition) is 0. The molecule has 0 aliphatic carbocycles. The van der Waals surface area contributed by atoms with Crippen LogP contribution in [0.3, 0.4) is 0 Å². The van der Waals surface area contributed by atoms with E-state index in [9.17, 15) is 4.79 Å². The second-order valence-corrected chi connectivity index (χ2v) is 8.26. The van der Waals surface area contributed by atoms with Gasteiger partial charge in [0.05, 0.1) is 16.6 Å². The lowest BCUT2D eigenvalue weighted by molar-refractivity contribution is 0.174. The summed E-state index contributed by atoms with van der Waals surface area (Å²) in [5, 5.41) is 1.29. The van der Waals surface area contributed by atoms with Crippen LogP contribution in [0.2, 0.25) is 0 Å². The molecule has 1 aliphatic heterocycles.